The normalized spacial score (nSPS) is 12.4. The van der Waals surface area contributed by atoms with Gasteiger partial charge in [0, 0.05) is 12.2 Å². The molecule has 0 aliphatic rings. The Kier molecular flexibility index (Phi) is 7.70. The van der Waals surface area contributed by atoms with Gasteiger partial charge in [-0.15, -0.1) is 11.8 Å². The number of carbonyl (C=O) groups is 1. The van der Waals surface area contributed by atoms with Crippen LogP contribution in [0.2, 0.25) is 0 Å². The van der Waals surface area contributed by atoms with Gasteiger partial charge in [-0.1, -0.05) is 39.8 Å². The van der Waals surface area contributed by atoms with Crippen molar-refractivity contribution in [2.75, 3.05) is 17.6 Å². The predicted octanol–water partition coefficient (Wildman–Crippen LogP) is 3.51. The fourth-order valence-electron chi connectivity index (χ4n) is 1.99. The lowest BCUT2D eigenvalue weighted by Crippen LogP contribution is -2.29. The summed E-state index contributed by atoms with van der Waals surface area (Å²) >= 11 is 1.71. The van der Waals surface area contributed by atoms with E-state index in [1.165, 1.54) is 5.56 Å². The summed E-state index contributed by atoms with van der Waals surface area (Å²) in [6.07, 6.45) is 0. The number of hydrogen-bond donors (Lipinski definition) is 2. The van der Waals surface area contributed by atoms with Gasteiger partial charge in [0.15, 0.2) is 0 Å². The zero-order valence-electron chi connectivity index (χ0n) is 12.9. The lowest BCUT2D eigenvalue weighted by Gasteiger charge is -2.19. The fraction of sp³-hybridized carbons (Fsp3) is 0.562. The first kappa shape index (κ1) is 17.1. The number of anilines is 1. The van der Waals surface area contributed by atoms with Gasteiger partial charge in [0.25, 0.3) is 0 Å². The minimum Gasteiger partial charge on any atom is -0.325 e. The van der Waals surface area contributed by atoms with Gasteiger partial charge in [-0.2, -0.15) is 0 Å². The Hall–Kier alpha value is -1.00. The highest BCUT2D eigenvalue weighted by molar-refractivity contribution is 8.00. The molecule has 3 nitrogen and oxygen atoms in total. The fourth-order valence-corrected chi connectivity index (χ4v) is 2.95. The van der Waals surface area contributed by atoms with E-state index in [2.05, 4.69) is 44.4 Å². The van der Waals surface area contributed by atoms with Gasteiger partial charge >= 0.3 is 0 Å². The number of rotatable bonds is 8. The minimum atomic E-state index is 0.0115. The lowest BCUT2D eigenvalue weighted by atomic mass is 10.1. The third kappa shape index (κ3) is 5.55. The smallest absolute Gasteiger partial charge is 0.237 e. The molecule has 1 aromatic rings. The Labute approximate surface area is 126 Å². The summed E-state index contributed by atoms with van der Waals surface area (Å²) in [5.41, 5.74) is 2.07. The molecule has 20 heavy (non-hydrogen) atoms. The van der Waals surface area contributed by atoms with E-state index in [1.54, 1.807) is 11.8 Å². The standard InChI is InChI=1S/C16H26N2OS/c1-5-17-11-13-8-7-9-14(10-13)18-16(19)15(12(3)4)20-6-2/h7-10,12,15,17H,5-6,11H2,1-4H3,(H,18,19). The average Bonchev–Trinajstić information content (AvgIpc) is 2.42. The largest absolute Gasteiger partial charge is 0.325 e. The van der Waals surface area contributed by atoms with Crippen molar-refractivity contribution in [1.82, 2.24) is 5.32 Å². The van der Waals surface area contributed by atoms with E-state index in [0.29, 0.717) is 5.92 Å². The van der Waals surface area contributed by atoms with E-state index >= 15 is 0 Å². The van der Waals surface area contributed by atoms with Crippen molar-refractivity contribution in [3.63, 3.8) is 0 Å². The quantitative estimate of drug-likeness (QED) is 0.771. The van der Waals surface area contributed by atoms with Crippen LogP contribution in [0.3, 0.4) is 0 Å². The molecule has 0 fully saturated rings. The number of nitrogens with one attached hydrogen (secondary N) is 2. The topological polar surface area (TPSA) is 41.1 Å². The molecule has 0 saturated carbocycles. The van der Waals surface area contributed by atoms with Crippen LogP contribution >= 0.6 is 11.8 Å². The van der Waals surface area contributed by atoms with Crippen molar-refractivity contribution >= 4 is 23.4 Å². The SMILES string of the molecule is CCNCc1cccc(NC(=O)C(SCC)C(C)C)c1. The summed E-state index contributed by atoms with van der Waals surface area (Å²) in [5.74, 6) is 1.40. The summed E-state index contributed by atoms with van der Waals surface area (Å²) < 4.78 is 0. The van der Waals surface area contributed by atoms with Crippen LogP contribution in [-0.2, 0) is 11.3 Å². The zero-order chi connectivity index (χ0) is 15.0. The lowest BCUT2D eigenvalue weighted by molar-refractivity contribution is -0.116. The molecule has 0 heterocycles. The molecule has 0 saturated heterocycles. The third-order valence-electron chi connectivity index (χ3n) is 2.98. The van der Waals surface area contributed by atoms with Crippen molar-refractivity contribution < 1.29 is 4.79 Å². The van der Waals surface area contributed by atoms with Crippen LogP contribution < -0.4 is 10.6 Å². The molecule has 1 amide bonds. The number of thioether (sulfide) groups is 1. The van der Waals surface area contributed by atoms with E-state index in [9.17, 15) is 4.79 Å². The number of hydrogen-bond acceptors (Lipinski definition) is 3. The molecule has 1 aromatic carbocycles. The van der Waals surface area contributed by atoms with Gasteiger partial charge in [0.1, 0.15) is 0 Å². The second kappa shape index (κ2) is 9.03. The molecule has 0 spiro atoms. The predicted molar refractivity (Wildman–Crippen MR) is 89.2 cm³/mol. The van der Waals surface area contributed by atoms with Crippen LogP contribution in [0.15, 0.2) is 24.3 Å². The van der Waals surface area contributed by atoms with Gasteiger partial charge in [-0.3, -0.25) is 4.79 Å². The number of carbonyl (C=O) groups excluding carboxylic acids is 1. The van der Waals surface area contributed by atoms with Crippen LogP contribution in [0.1, 0.15) is 33.3 Å². The van der Waals surface area contributed by atoms with E-state index in [1.807, 2.05) is 18.2 Å². The Bertz CT molecular complexity index is 421. The van der Waals surface area contributed by atoms with Gasteiger partial charge < -0.3 is 10.6 Å². The first-order chi connectivity index (χ1) is 9.58. The van der Waals surface area contributed by atoms with Gasteiger partial charge in [-0.25, -0.2) is 0 Å². The van der Waals surface area contributed by atoms with Crippen molar-refractivity contribution in [1.29, 1.82) is 0 Å². The Morgan fingerprint density at radius 1 is 1.30 bits per heavy atom. The van der Waals surface area contributed by atoms with E-state index in [-0.39, 0.29) is 11.2 Å². The summed E-state index contributed by atoms with van der Waals surface area (Å²) in [5, 5.41) is 6.34. The highest BCUT2D eigenvalue weighted by Crippen LogP contribution is 2.21. The molecule has 1 rings (SSSR count). The minimum absolute atomic E-state index is 0.0115. The van der Waals surface area contributed by atoms with Crippen molar-refractivity contribution in [2.24, 2.45) is 5.92 Å². The molecular weight excluding hydrogens is 268 g/mol. The van der Waals surface area contributed by atoms with Gasteiger partial charge in [-0.05, 0) is 35.9 Å². The molecule has 1 atom stereocenters. The molecule has 0 aromatic heterocycles. The van der Waals surface area contributed by atoms with Crippen molar-refractivity contribution in [2.45, 2.75) is 39.5 Å². The zero-order valence-corrected chi connectivity index (χ0v) is 13.7. The maximum absolute atomic E-state index is 12.3. The van der Waals surface area contributed by atoms with Crippen molar-refractivity contribution in [3.8, 4) is 0 Å². The second-order valence-electron chi connectivity index (χ2n) is 5.09. The Balaban J connectivity index is 2.68. The third-order valence-corrected chi connectivity index (χ3v) is 4.43. The number of benzene rings is 1. The van der Waals surface area contributed by atoms with Crippen LogP contribution in [0, 0.1) is 5.92 Å². The molecule has 112 valence electrons. The molecule has 0 radical (unpaired) electrons. The van der Waals surface area contributed by atoms with E-state index < -0.39 is 0 Å². The highest BCUT2D eigenvalue weighted by Gasteiger charge is 2.21. The van der Waals surface area contributed by atoms with Crippen LogP contribution in [0.25, 0.3) is 0 Å². The molecular formula is C16H26N2OS. The maximum atomic E-state index is 12.3. The van der Waals surface area contributed by atoms with Crippen LogP contribution in [-0.4, -0.2) is 23.5 Å². The first-order valence-corrected chi connectivity index (χ1v) is 8.35. The average molecular weight is 294 g/mol. The molecule has 0 bridgehead atoms. The molecule has 0 aliphatic heterocycles. The van der Waals surface area contributed by atoms with Gasteiger partial charge in [0.2, 0.25) is 5.91 Å². The number of amides is 1. The summed E-state index contributed by atoms with van der Waals surface area (Å²) in [6, 6.07) is 8.04. The summed E-state index contributed by atoms with van der Waals surface area (Å²) in [4.78, 5) is 12.3. The Morgan fingerprint density at radius 3 is 2.65 bits per heavy atom. The molecule has 0 aliphatic carbocycles. The highest BCUT2D eigenvalue weighted by atomic mass is 32.2. The van der Waals surface area contributed by atoms with E-state index in [0.717, 1.165) is 24.5 Å². The van der Waals surface area contributed by atoms with Crippen LogP contribution in [0.4, 0.5) is 5.69 Å². The molecule has 4 heteroatoms. The first-order valence-electron chi connectivity index (χ1n) is 7.30. The van der Waals surface area contributed by atoms with Gasteiger partial charge in [0.05, 0.1) is 5.25 Å². The van der Waals surface area contributed by atoms with Crippen molar-refractivity contribution in [3.05, 3.63) is 29.8 Å². The van der Waals surface area contributed by atoms with E-state index in [4.69, 9.17) is 0 Å². The van der Waals surface area contributed by atoms with Crippen LogP contribution in [0.5, 0.6) is 0 Å². The Morgan fingerprint density at radius 2 is 2.05 bits per heavy atom. The molecule has 2 N–H and O–H groups in total. The second-order valence-corrected chi connectivity index (χ2v) is 6.51. The maximum Gasteiger partial charge on any atom is 0.237 e. The monoisotopic (exact) mass is 294 g/mol. The molecule has 1 unspecified atom stereocenters. The summed E-state index contributed by atoms with van der Waals surface area (Å²) in [7, 11) is 0. The summed E-state index contributed by atoms with van der Waals surface area (Å²) in [6.45, 7) is 10.1.